The molecule has 3 heteroatoms. The lowest BCUT2D eigenvalue weighted by molar-refractivity contribution is -0.123. The van der Waals surface area contributed by atoms with Crippen molar-refractivity contribution >= 4 is 5.91 Å². The van der Waals surface area contributed by atoms with Gasteiger partial charge >= 0.3 is 0 Å². The van der Waals surface area contributed by atoms with E-state index in [-0.39, 0.29) is 11.4 Å². The van der Waals surface area contributed by atoms with Crippen molar-refractivity contribution in [1.82, 2.24) is 10.6 Å². The molecule has 2 saturated carbocycles. The quantitative estimate of drug-likeness (QED) is 0.808. The van der Waals surface area contributed by atoms with Crippen LogP contribution in [0.4, 0.5) is 0 Å². The first kappa shape index (κ1) is 13.9. The molecule has 0 aromatic rings. The number of carbonyl (C=O) groups is 1. The summed E-state index contributed by atoms with van der Waals surface area (Å²) in [6, 6.07) is 0.448. The van der Waals surface area contributed by atoms with Crippen LogP contribution in [0.15, 0.2) is 0 Å². The van der Waals surface area contributed by atoms with Crippen LogP contribution in [0.1, 0.15) is 70.6 Å². The summed E-state index contributed by atoms with van der Waals surface area (Å²) in [6.07, 6.45) is 13.1. The Morgan fingerprint density at radius 1 is 1.06 bits per heavy atom. The molecule has 0 aromatic carbocycles. The van der Waals surface area contributed by atoms with Crippen molar-refractivity contribution in [3.8, 4) is 0 Å². The molecule has 2 aliphatic rings. The first-order valence-corrected chi connectivity index (χ1v) is 7.72. The molecule has 2 N–H and O–H groups in total. The summed E-state index contributed by atoms with van der Waals surface area (Å²) >= 11 is 0. The molecule has 0 aliphatic heterocycles. The van der Waals surface area contributed by atoms with E-state index in [9.17, 15) is 4.79 Å². The van der Waals surface area contributed by atoms with Gasteiger partial charge in [-0.3, -0.25) is 4.79 Å². The fraction of sp³-hybridized carbons (Fsp3) is 0.933. The van der Waals surface area contributed by atoms with Crippen molar-refractivity contribution in [2.24, 2.45) is 0 Å². The number of amides is 1. The van der Waals surface area contributed by atoms with Gasteiger partial charge in [0.2, 0.25) is 5.91 Å². The van der Waals surface area contributed by atoms with Crippen LogP contribution in [-0.2, 0) is 4.79 Å². The normalized spacial score (nSPS) is 24.7. The summed E-state index contributed by atoms with van der Waals surface area (Å²) in [5.74, 6) is 0.262. The van der Waals surface area contributed by atoms with E-state index < -0.39 is 0 Å². The standard InChI is InChI=1S/C15H28N2O/c1-16-15(10-6-3-7-11-15)12-14(18)17-13-8-4-2-5-9-13/h13,16H,2-12H2,1H3,(H,17,18). The van der Waals surface area contributed by atoms with E-state index in [4.69, 9.17) is 0 Å². The molecule has 0 spiro atoms. The maximum atomic E-state index is 12.2. The van der Waals surface area contributed by atoms with Gasteiger partial charge < -0.3 is 10.6 Å². The second kappa shape index (κ2) is 6.55. The van der Waals surface area contributed by atoms with Gasteiger partial charge in [0.05, 0.1) is 0 Å². The average molecular weight is 252 g/mol. The Morgan fingerprint density at radius 3 is 2.28 bits per heavy atom. The number of nitrogens with one attached hydrogen (secondary N) is 2. The van der Waals surface area contributed by atoms with Gasteiger partial charge in [-0.1, -0.05) is 38.5 Å². The number of hydrogen-bond acceptors (Lipinski definition) is 2. The lowest BCUT2D eigenvalue weighted by atomic mass is 9.79. The summed E-state index contributed by atoms with van der Waals surface area (Å²) in [7, 11) is 2.01. The van der Waals surface area contributed by atoms with Gasteiger partial charge in [0.25, 0.3) is 0 Å². The number of rotatable bonds is 4. The summed E-state index contributed by atoms with van der Waals surface area (Å²) < 4.78 is 0. The summed E-state index contributed by atoms with van der Waals surface area (Å²) in [6.45, 7) is 0. The average Bonchev–Trinajstić information content (AvgIpc) is 2.41. The Morgan fingerprint density at radius 2 is 1.67 bits per heavy atom. The molecule has 1 amide bonds. The van der Waals surface area contributed by atoms with Gasteiger partial charge in [-0.15, -0.1) is 0 Å². The molecule has 2 rings (SSSR count). The van der Waals surface area contributed by atoms with Crippen LogP contribution in [0.3, 0.4) is 0 Å². The Bertz CT molecular complexity index is 266. The fourth-order valence-corrected chi connectivity index (χ4v) is 3.58. The van der Waals surface area contributed by atoms with Crippen LogP contribution < -0.4 is 10.6 Å². The predicted octanol–water partition coefficient (Wildman–Crippen LogP) is 2.75. The van der Waals surface area contributed by atoms with E-state index >= 15 is 0 Å². The highest BCUT2D eigenvalue weighted by molar-refractivity contribution is 5.77. The zero-order chi connectivity index (χ0) is 12.8. The van der Waals surface area contributed by atoms with Gasteiger partial charge in [0.1, 0.15) is 0 Å². The smallest absolute Gasteiger partial charge is 0.222 e. The third-order valence-electron chi connectivity index (χ3n) is 4.81. The van der Waals surface area contributed by atoms with Crippen LogP contribution in [-0.4, -0.2) is 24.5 Å². The van der Waals surface area contributed by atoms with E-state index in [0.29, 0.717) is 12.5 Å². The van der Waals surface area contributed by atoms with Crippen LogP contribution in [0.2, 0.25) is 0 Å². The van der Waals surface area contributed by atoms with Gasteiger partial charge in [-0.25, -0.2) is 0 Å². The van der Waals surface area contributed by atoms with Crippen LogP contribution in [0.25, 0.3) is 0 Å². The van der Waals surface area contributed by atoms with E-state index in [1.54, 1.807) is 0 Å². The largest absolute Gasteiger partial charge is 0.353 e. The molecule has 0 heterocycles. The molecule has 18 heavy (non-hydrogen) atoms. The Labute approximate surface area is 111 Å². The predicted molar refractivity (Wildman–Crippen MR) is 74.5 cm³/mol. The summed E-state index contributed by atoms with van der Waals surface area (Å²) in [5, 5.41) is 6.67. The van der Waals surface area contributed by atoms with Crippen molar-refractivity contribution in [1.29, 1.82) is 0 Å². The summed E-state index contributed by atoms with van der Waals surface area (Å²) in [4.78, 5) is 12.2. The maximum Gasteiger partial charge on any atom is 0.222 e. The molecule has 3 nitrogen and oxygen atoms in total. The highest BCUT2D eigenvalue weighted by Crippen LogP contribution is 2.30. The third-order valence-corrected chi connectivity index (χ3v) is 4.81. The monoisotopic (exact) mass is 252 g/mol. The molecule has 0 unspecified atom stereocenters. The summed E-state index contributed by atoms with van der Waals surface area (Å²) in [5.41, 5.74) is 0.0804. The molecule has 0 bridgehead atoms. The van der Waals surface area contributed by atoms with E-state index in [0.717, 1.165) is 12.8 Å². The van der Waals surface area contributed by atoms with Crippen molar-refractivity contribution in [2.45, 2.75) is 82.2 Å². The minimum atomic E-state index is 0.0804. The molecule has 2 aliphatic carbocycles. The Hall–Kier alpha value is -0.570. The lowest BCUT2D eigenvalue weighted by Crippen LogP contribution is -2.49. The fourth-order valence-electron chi connectivity index (χ4n) is 3.58. The molecule has 2 fully saturated rings. The zero-order valence-corrected chi connectivity index (χ0v) is 11.8. The minimum absolute atomic E-state index is 0.0804. The first-order chi connectivity index (χ1) is 8.74. The molecular weight excluding hydrogens is 224 g/mol. The van der Waals surface area contributed by atoms with Gasteiger partial charge in [-0.05, 0) is 32.7 Å². The first-order valence-electron chi connectivity index (χ1n) is 7.72. The van der Waals surface area contributed by atoms with Gasteiger partial charge in [0.15, 0.2) is 0 Å². The van der Waals surface area contributed by atoms with E-state index in [1.807, 2.05) is 7.05 Å². The van der Waals surface area contributed by atoms with Crippen molar-refractivity contribution in [3.63, 3.8) is 0 Å². The Kier molecular flexibility index (Phi) is 5.04. The lowest BCUT2D eigenvalue weighted by Gasteiger charge is -2.37. The molecule has 0 saturated heterocycles. The van der Waals surface area contributed by atoms with E-state index in [1.165, 1.54) is 51.4 Å². The molecule has 0 aromatic heterocycles. The van der Waals surface area contributed by atoms with Crippen molar-refractivity contribution < 1.29 is 4.79 Å². The van der Waals surface area contributed by atoms with Gasteiger partial charge in [0, 0.05) is 18.0 Å². The minimum Gasteiger partial charge on any atom is -0.353 e. The number of carbonyl (C=O) groups excluding carboxylic acids is 1. The highest BCUT2D eigenvalue weighted by atomic mass is 16.1. The van der Waals surface area contributed by atoms with Crippen molar-refractivity contribution in [3.05, 3.63) is 0 Å². The topological polar surface area (TPSA) is 41.1 Å². The molecule has 104 valence electrons. The van der Waals surface area contributed by atoms with Crippen molar-refractivity contribution in [2.75, 3.05) is 7.05 Å². The van der Waals surface area contributed by atoms with Crippen LogP contribution in [0.5, 0.6) is 0 Å². The Balaban J connectivity index is 1.81. The molecule has 0 radical (unpaired) electrons. The number of hydrogen-bond donors (Lipinski definition) is 2. The maximum absolute atomic E-state index is 12.2. The van der Waals surface area contributed by atoms with E-state index in [2.05, 4.69) is 10.6 Å². The van der Waals surface area contributed by atoms with Gasteiger partial charge in [-0.2, -0.15) is 0 Å². The van der Waals surface area contributed by atoms with Crippen LogP contribution >= 0.6 is 0 Å². The molecular formula is C15H28N2O. The third kappa shape index (κ3) is 3.71. The van der Waals surface area contributed by atoms with Crippen LogP contribution in [0, 0.1) is 0 Å². The zero-order valence-electron chi connectivity index (χ0n) is 11.8. The SMILES string of the molecule is CNC1(CC(=O)NC2CCCCC2)CCCCC1. The molecule has 0 atom stereocenters. The highest BCUT2D eigenvalue weighted by Gasteiger charge is 2.33. The second-order valence-corrected chi connectivity index (χ2v) is 6.17. The second-order valence-electron chi connectivity index (χ2n) is 6.17.